The average molecular weight is 275 g/mol. The molecule has 108 valence electrons. The van der Waals surface area contributed by atoms with Gasteiger partial charge in [-0.25, -0.2) is 0 Å². The average Bonchev–Trinajstić information content (AvgIpc) is 2.24. The molecule has 1 unspecified atom stereocenters. The van der Waals surface area contributed by atoms with E-state index in [2.05, 4.69) is 5.32 Å². The van der Waals surface area contributed by atoms with Crippen LogP contribution in [0.5, 0.6) is 5.75 Å². The molecule has 0 fully saturated rings. The summed E-state index contributed by atoms with van der Waals surface area (Å²) in [5.74, 6) is 0.712. The Bertz CT molecular complexity index is 391. The van der Waals surface area contributed by atoms with Gasteiger partial charge in [0, 0.05) is 18.2 Å². The van der Waals surface area contributed by atoms with E-state index in [1.807, 2.05) is 38.1 Å². The van der Waals surface area contributed by atoms with Crippen LogP contribution < -0.4 is 10.1 Å². The normalized spacial score (nSPS) is 13.6. The van der Waals surface area contributed by atoms with Gasteiger partial charge in [0.1, 0.15) is 5.75 Å². The van der Waals surface area contributed by atoms with Gasteiger partial charge in [-0.05, 0) is 26.8 Å². The molecular formula is C14H20F3NO. The van der Waals surface area contributed by atoms with Crippen LogP contribution >= 0.6 is 0 Å². The maximum absolute atomic E-state index is 12.2. The van der Waals surface area contributed by atoms with Crippen LogP contribution in [0.4, 0.5) is 13.2 Å². The van der Waals surface area contributed by atoms with Crippen molar-refractivity contribution in [3.05, 3.63) is 29.8 Å². The monoisotopic (exact) mass is 275 g/mol. The molecule has 1 aromatic rings. The summed E-state index contributed by atoms with van der Waals surface area (Å²) in [7, 11) is 0. The Morgan fingerprint density at radius 1 is 1.16 bits per heavy atom. The zero-order valence-electron chi connectivity index (χ0n) is 11.4. The summed E-state index contributed by atoms with van der Waals surface area (Å²) in [6.45, 7) is 5.71. The van der Waals surface area contributed by atoms with E-state index in [0.29, 0.717) is 12.3 Å². The summed E-state index contributed by atoms with van der Waals surface area (Å²) in [6, 6.07) is 6.75. The van der Waals surface area contributed by atoms with E-state index in [1.54, 1.807) is 0 Å². The van der Waals surface area contributed by atoms with Crippen LogP contribution in [-0.4, -0.2) is 18.3 Å². The van der Waals surface area contributed by atoms with E-state index in [9.17, 15) is 13.2 Å². The molecule has 5 heteroatoms. The molecule has 0 aliphatic rings. The summed E-state index contributed by atoms with van der Waals surface area (Å²) in [6.07, 6.45) is -4.94. The molecule has 1 N–H and O–H groups in total. The minimum absolute atomic E-state index is 0.0359. The fourth-order valence-corrected chi connectivity index (χ4v) is 1.72. The summed E-state index contributed by atoms with van der Waals surface area (Å²) >= 11 is 0. The molecule has 0 aliphatic carbocycles. The van der Waals surface area contributed by atoms with Crippen LogP contribution in [0.3, 0.4) is 0 Å². The van der Waals surface area contributed by atoms with Crippen molar-refractivity contribution in [1.82, 2.24) is 5.32 Å². The number of hydrogen-bond acceptors (Lipinski definition) is 2. The predicted molar refractivity (Wildman–Crippen MR) is 69.2 cm³/mol. The molecule has 2 nitrogen and oxygen atoms in total. The summed E-state index contributed by atoms with van der Waals surface area (Å²) in [5.41, 5.74) is 0.866. The van der Waals surface area contributed by atoms with Crippen molar-refractivity contribution >= 4 is 0 Å². The van der Waals surface area contributed by atoms with Gasteiger partial charge in [0.25, 0.3) is 0 Å². The first-order valence-electron chi connectivity index (χ1n) is 6.32. The van der Waals surface area contributed by atoms with Gasteiger partial charge in [0.2, 0.25) is 0 Å². The highest BCUT2D eigenvalue weighted by Gasteiger charge is 2.29. The third-order valence-electron chi connectivity index (χ3n) is 2.51. The zero-order valence-corrected chi connectivity index (χ0v) is 11.4. The molecule has 0 spiro atoms. The Balaban J connectivity index is 2.57. The number of ether oxygens (including phenoxy) is 1. The Kier molecular flexibility index (Phi) is 5.66. The number of alkyl halides is 3. The second-order valence-electron chi connectivity index (χ2n) is 4.88. The quantitative estimate of drug-likeness (QED) is 0.850. The lowest BCUT2D eigenvalue weighted by Crippen LogP contribution is -2.30. The van der Waals surface area contributed by atoms with Crippen LogP contribution in [0.25, 0.3) is 0 Å². The lowest BCUT2D eigenvalue weighted by atomic mass is 10.1. The van der Waals surface area contributed by atoms with E-state index >= 15 is 0 Å². The first-order chi connectivity index (χ1) is 8.78. The molecule has 19 heavy (non-hydrogen) atoms. The van der Waals surface area contributed by atoms with Gasteiger partial charge >= 0.3 is 6.18 Å². The summed E-state index contributed by atoms with van der Waals surface area (Å²) in [5, 5.41) is 2.87. The van der Waals surface area contributed by atoms with Gasteiger partial charge in [-0.1, -0.05) is 18.2 Å². The zero-order chi connectivity index (χ0) is 14.5. The summed E-state index contributed by atoms with van der Waals surface area (Å²) in [4.78, 5) is 0. The van der Waals surface area contributed by atoms with Crippen molar-refractivity contribution in [2.75, 3.05) is 0 Å². The van der Waals surface area contributed by atoms with Crippen molar-refractivity contribution < 1.29 is 17.9 Å². The molecule has 1 rings (SSSR count). The second kappa shape index (κ2) is 6.80. The molecule has 0 heterocycles. The van der Waals surface area contributed by atoms with E-state index in [4.69, 9.17) is 4.74 Å². The van der Waals surface area contributed by atoms with Crippen LogP contribution in [0.1, 0.15) is 32.8 Å². The third kappa shape index (κ3) is 6.47. The number of benzene rings is 1. The summed E-state index contributed by atoms with van der Waals surface area (Å²) < 4.78 is 42.3. The van der Waals surface area contributed by atoms with Gasteiger partial charge in [-0.15, -0.1) is 0 Å². The molecule has 0 aromatic heterocycles. The standard InChI is InChI=1S/C14H20F3NO/c1-10(2)19-13-7-5-4-6-12(13)9-18-11(3)8-14(15,16)17/h4-7,10-11,18H,8-9H2,1-3H3. The smallest absolute Gasteiger partial charge is 0.390 e. The lowest BCUT2D eigenvalue weighted by molar-refractivity contribution is -0.139. The van der Waals surface area contributed by atoms with Gasteiger partial charge in [-0.2, -0.15) is 13.2 Å². The fraction of sp³-hybridized carbons (Fsp3) is 0.571. The highest BCUT2D eigenvalue weighted by molar-refractivity contribution is 5.33. The Morgan fingerprint density at radius 3 is 2.37 bits per heavy atom. The predicted octanol–water partition coefficient (Wildman–Crippen LogP) is 3.90. The van der Waals surface area contributed by atoms with E-state index in [0.717, 1.165) is 5.56 Å². The molecule has 1 aromatic carbocycles. The largest absolute Gasteiger partial charge is 0.491 e. The van der Waals surface area contributed by atoms with E-state index < -0.39 is 18.6 Å². The topological polar surface area (TPSA) is 21.3 Å². The van der Waals surface area contributed by atoms with Gasteiger partial charge in [0.05, 0.1) is 12.5 Å². The SMILES string of the molecule is CC(CC(F)(F)F)NCc1ccccc1OC(C)C. The van der Waals surface area contributed by atoms with Crippen molar-refractivity contribution in [3.8, 4) is 5.75 Å². The second-order valence-corrected chi connectivity index (χ2v) is 4.88. The van der Waals surface area contributed by atoms with Crippen molar-refractivity contribution in [3.63, 3.8) is 0 Å². The maximum atomic E-state index is 12.2. The molecule has 0 saturated carbocycles. The number of hydrogen-bond donors (Lipinski definition) is 1. The minimum Gasteiger partial charge on any atom is -0.491 e. The molecule has 0 aliphatic heterocycles. The Labute approximate surface area is 112 Å². The third-order valence-corrected chi connectivity index (χ3v) is 2.51. The van der Waals surface area contributed by atoms with Crippen molar-refractivity contribution in [2.45, 2.75) is 52.1 Å². The maximum Gasteiger partial charge on any atom is 0.390 e. The molecule has 0 amide bonds. The Morgan fingerprint density at radius 2 is 1.79 bits per heavy atom. The highest BCUT2D eigenvalue weighted by atomic mass is 19.4. The highest BCUT2D eigenvalue weighted by Crippen LogP contribution is 2.23. The van der Waals surface area contributed by atoms with Gasteiger partial charge in [0.15, 0.2) is 0 Å². The van der Waals surface area contributed by atoms with Crippen LogP contribution in [0.2, 0.25) is 0 Å². The number of rotatable bonds is 6. The van der Waals surface area contributed by atoms with Gasteiger partial charge in [-0.3, -0.25) is 0 Å². The van der Waals surface area contributed by atoms with E-state index in [-0.39, 0.29) is 6.10 Å². The number of nitrogens with one attached hydrogen (secondary N) is 1. The molecule has 0 radical (unpaired) electrons. The van der Waals surface area contributed by atoms with Crippen LogP contribution in [0.15, 0.2) is 24.3 Å². The first-order valence-corrected chi connectivity index (χ1v) is 6.32. The molecule has 1 atom stereocenters. The first kappa shape index (κ1) is 15.8. The molecule has 0 saturated heterocycles. The number of halogens is 3. The fourth-order valence-electron chi connectivity index (χ4n) is 1.72. The molecule has 0 bridgehead atoms. The van der Waals surface area contributed by atoms with Crippen molar-refractivity contribution in [2.24, 2.45) is 0 Å². The van der Waals surface area contributed by atoms with E-state index in [1.165, 1.54) is 6.92 Å². The van der Waals surface area contributed by atoms with Crippen molar-refractivity contribution in [1.29, 1.82) is 0 Å². The Hall–Kier alpha value is -1.23. The lowest BCUT2D eigenvalue weighted by Gasteiger charge is -2.18. The number of para-hydroxylation sites is 1. The van der Waals surface area contributed by atoms with Crippen LogP contribution in [-0.2, 0) is 6.54 Å². The molecular weight excluding hydrogens is 255 g/mol. The van der Waals surface area contributed by atoms with Gasteiger partial charge < -0.3 is 10.1 Å². The minimum atomic E-state index is -4.14. The van der Waals surface area contributed by atoms with Crippen LogP contribution in [0, 0.1) is 0 Å².